The summed E-state index contributed by atoms with van der Waals surface area (Å²) < 4.78 is 1.53. The number of hydrogen-bond donors (Lipinski definition) is 1. The zero-order valence-corrected chi connectivity index (χ0v) is 6.57. The number of hydrogen-bond acceptors (Lipinski definition) is 3. The third-order valence-corrected chi connectivity index (χ3v) is 0.970. The fourth-order valence-corrected chi connectivity index (χ4v) is 0.454. The summed E-state index contributed by atoms with van der Waals surface area (Å²) in [5.74, 6) is 0. The lowest BCUT2D eigenvalue weighted by molar-refractivity contribution is 0.270. The van der Waals surface area contributed by atoms with E-state index in [0.717, 1.165) is 5.69 Å². The van der Waals surface area contributed by atoms with Crippen LogP contribution in [-0.2, 0) is 13.7 Å². The van der Waals surface area contributed by atoms with Gasteiger partial charge in [-0.1, -0.05) is 19.1 Å². The van der Waals surface area contributed by atoms with Crippen LogP contribution in [-0.4, -0.2) is 20.1 Å². The Morgan fingerprint density at radius 2 is 2.20 bits per heavy atom. The third-order valence-electron chi connectivity index (χ3n) is 0.970. The Balaban J connectivity index is 0.000000371. The van der Waals surface area contributed by atoms with Gasteiger partial charge in [0, 0.05) is 7.05 Å². The van der Waals surface area contributed by atoms with Crippen molar-refractivity contribution in [2.24, 2.45) is 7.05 Å². The van der Waals surface area contributed by atoms with Gasteiger partial charge in [-0.05, 0) is 0 Å². The van der Waals surface area contributed by atoms with Crippen LogP contribution in [0.1, 0.15) is 19.5 Å². The maximum atomic E-state index is 8.51. The molecule has 1 heterocycles. The van der Waals surface area contributed by atoms with Crippen molar-refractivity contribution in [3.63, 3.8) is 0 Å². The van der Waals surface area contributed by atoms with Gasteiger partial charge in [0.2, 0.25) is 0 Å². The predicted molar refractivity (Wildman–Crippen MR) is 38.3 cm³/mol. The molecule has 0 aromatic carbocycles. The van der Waals surface area contributed by atoms with Gasteiger partial charge >= 0.3 is 0 Å². The molecule has 0 saturated carbocycles. The van der Waals surface area contributed by atoms with Gasteiger partial charge in [-0.2, -0.15) is 0 Å². The largest absolute Gasteiger partial charge is 0.390 e. The van der Waals surface area contributed by atoms with Gasteiger partial charge in [-0.3, -0.25) is 4.68 Å². The summed E-state index contributed by atoms with van der Waals surface area (Å²) in [7, 11) is 1.73. The summed E-state index contributed by atoms with van der Waals surface area (Å²) >= 11 is 0. The Hall–Kier alpha value is -0.900. The number of rotatable bonds is 1. The maximum Gasteiger partial charge on any atom is 0.0866 e. The molecule has 1 rings (SSSR count). The van der Waals surface area contributed by atoms with Crippen LogP contribution in [0, 0.1) is 0 Å². The summed E-state index contributed by atoms with van der Waals surface area (Å²) in [6.45, 7) is 4.00. The average molecular weight is 143 g/mol. The van der Waals surface area contributed by atoms with Crippen molar-refractivity contribution in [2.45, 2.75) is 20.5 Å². The summed E-state index contributed by atoms with van der Waals surface area (Å²) in [5, 5.41) is 15.6. The SMILES string of the molecule is CC.Cn1nncc1CO. The molecule has 0 aliphatic heterocycles. The van der Waals surface area contributed by atoms with Crippen molar-refractivity contribution in [3.05, 3.63) is 11.9 Å². The molecule has 0 amide bonds. The molecule has 0 fully saturated rings. The van der Waals surface area contributed by atoms with E-state index in [2.05, 4.69) is 10.3 Å². The standard InChI is InChI=1S/C4H7N3O.C2H6/c1-7-4(3-8)2-5-6-7;1-2/h2,8H,3H2,1H3;1-2H3. The van der Waals surface area contributed by atoms with Gasteiger partial charge in [-0.15, -0.1) is 5.10 Å². The molecule has 1 aromatic heterocycles. The zero-order chi connectivity index (χ0) is 7.98. The molecule has 0 aliphatic rings. The quantitative estimate of drug-likeness (QED) is 0.616. The normalized spacial score (nSPS) is 8.40. The molecule has 1 aromatic rings. The van der Waals surface area contributed by atoms with Crippen molar-refractivity contribution < 1.29 is 5.11 Å². The topological polar surface area (TPSA) is 50.9 Å². The Morgan fingerprint density at radius 3 is 2.40 bits per heavy atom. The highest BCUT2D eigenvalue weighted by Gasteiger charge is 1.93. The van der Waals surface area contributed by atoms with Gasteiger partial charge < -0.3 is 5.11 Å². The van der Waals surface area contributed by atoms with E-state index in [1.807, 2.05) is 13.8 Å². The summed E-state index contributed by atoms with van der Waals surface area (Å²) in [5.41, 5.74) is 0.727. The van der Waals surface area contributed by atoms with E-state index in [-0.39, 0.29) is 6.61 Å². The average Bonchev–Trinajstić information content (AvgIpc) is 2.39. The highest BCUT2D eigenvalue weighted by Crippen LogP contribution is 1.89. The molecule has 0 bridgehead atoms. The first kappa shape index (κ1) is 9.10. The van der Waals surface area contributed by atoms with Crippen LogP contribution in [0.15, 0.2) is 6.20 Å². The molecule has 0 spiro atoms. The lowest BCUT2D eigenvalue weighted by atomic mass is 10.5. The highest BCUT2D eigenvalue weighted by molar-refractivity contribution is 4.89. The Kier molecular flexibility index (Phi) is 4.49. The molecular formula is C6H13N3O. The highest BCUT2D eigenvalue weighted by atomic mass is 16.3. The maximum absolute atomic E-state index is 8.51. The van der Waals surface area contributed by atoms with E-state index in [4.69, 9.17) is 5.11 Å². The molecular weight excluding hydrogens is 130 g/mol. The van der Waals surface area contributed by atoms with E-state index in [1.54, 1.807) is 7.05 Å². The zero-order valence-electron chi connectivity index (χ0n) is 6.57. The molecule has 0 aliphatic carbocycles. The fraction of sp³-hybridized carbons (Fsp3) is 0.667. The first-order chi connectivity index (χ1) is 4.84. The van der Waals surface area contributed by atoms with Crippen LogP contribution in [0.25, 0.3) is 0 Å². The first-order valence-electron chi connectivity index (χ1n) is 3.29. The summed E-state index contributed by atoms with van der Waals surface area (Å²) in [4.78, 5) is 0. The fourth-order valence-electron chi connectivity index (χ4n) is 0.454. The van der Waals surface area contributed by atoms with Gasteiger partial charge in [-0.25, -0.2) is 0 Å². The third kappa shape index (κ3) is 2.14. The Labute approximate surface area is 60.5 Å². The number of nitrogens with zero attached hydrogens (tertiary/aromatic N) is 3. The molecule has 4 heteroatoms. The van der Waals surface area contributed by atoms with Gasteiger partial charge in [0.25, 0.3) is 0 Å². The van der Waals surface area contributed by atoms with E-state index >= 15 is 0 Å². The second-order valence-corrected chi connectivity index (χ2v) is 1.51. The smallest absolute Gasteiger partial charge is 0.0866 e. The lowest BCUT2D eigenvalue weighted by Gasteiger charge is -1.89. The van der Waals surface area contributed by atoms with Crippen LogP contribution in [0.2, 0.25) is 0 Å². The monoisotopic (exact) mass is 143 g/mol. The van der Waals surface area contributed by atoms with E-state index in [0.29, 0.717) is 0 Å². The molecule has 4 nitrogen and oxygen atoms in total. The second kappa shape index (κ2) is 4.93. The van der Waals surface area contributed by atoms with Crippen LogP contribution < -0.4 is 0 Å². The first-order valence-corrected chi connectivity index (χ1v) is 3.29. The molecule has 0 unspecified atom stereocenters. The molecule has 58 valence electrons. The van der Waals surface area contributed by atoms with Crippen LogP contribution >= 0.6 is 0 Å². The van der Waals surface area contributed by atoms with Gasteiger partial charge in [0.15, 0.2) is 0 Å². The minimum Gasteiger partial charge on any atom is -0.390 e. The van der Waals surface area contributed by atoms with Gasteiger partial charge in [0.1, 0.15) is 0 Å². The molecule has 10 heavy (non-hydrogen) atoms. The van der Waals surface area contributed by atoms with Crippen LogP contribution in [0.5, 0.6) is 0 Å². The molecule has 0 radical (unpaired) electrons. The van der Waals surface area contributed by atoms with E-state index < -0.39 is 0 Å². The molecule has 0 saturated heterocycles. The summed E-state index contributed by atoms with van der Waals surface area (Å²) in [6, 6.07) is 0. The second-order valence-electron chi connectivity index (χ2n) is 1.51. The summed E-state index contributed by atoms with van der Waals surface area (Å²) in [6.07, 6.45) is 1.53. The van der Waals surface area contributed by atoms with Crippen molar-refractivity contribution >= 4 is 0 Å². The minimum atomic E-state index is 0.00347. The minimum absolute atomic E-state index is 0.00347. The van der Waals surface area contributed by atoms with Crippen LogP contribution in [0.3, 0.4) is 0 Å². The van der Waals surface area contributed by atoms with Crippen molar-refractivity contribution in [2.75, 3.05) is 0 Å². The van der Waals surface area contributed by atoms with E-state index in [9.17, 15) is 0 Å². The van der Waals surface area contributed by atoms with E-state index in [1.165, 1.54) is 10.9 Å². The van der Waals surface area contributed by atoms with Crippen molar-refractivity contribution in [3.8, 4) is 0 Å². The molecule has 1 N–H and O–H groups in total. The van der Waals surface area contributed by atoms with Crippen molar-refractivity contribution in [1.82, 2.24) is 15.0 Å². The number of aliphatic hydroxyl groups is 1. The number of aryl methyl sites for hydroxylation is 1. The van der Waals surface area contributed by atoms with Gasteiger partial charge in [0.05, 0.1) is 18.5 Å². The predicted octanol–water partition coefficient (Wildman–Crippen LogP) is 0.334. The van der Waals surface area contributed by atoms with Crippen molar-refractivity contribution in [1.29, 1.82) is 0 Å². The van der Waals surface area contributed by atoms with Crippen LogP contribution in [0.4, 0.5) is 0 Å². The number of aromatic nitrogens is 3. The lowest BCUT2D eigenvalue weighted by Crippen LogP contribution is -1.96. The Bertz CT molecular complexity index is 173. The molecule has 0 atom stereocenters. The number of aliphatic hydroxyl groups excluding tert-OH is 1. The Morgan fingerprint density at radius 1 is 1.60 bits per heavy atom.